The quantitative estimate of drug-likeness (QED) is 0.646. The van der Waals surface area contributed by atoms with Gasteiger partial charge >= 0.3 is 6.18 Å². The van der Waals surface area contributed by atoms with Gasteiger partial charge < -0.3 is 9.73 Å². The first-order chi connectivity index (χ1) is 14.8. The largest absolute Gasteiger partial charge is 0.450 e. The summed E-state index contributed by atoms with van der Waals surface area (Å²) in [6.07, 6.45) is -0.879. The molecule has 1 unspecified atom stereocenters. The van der Waals surface area contributed by atoms with Crippen molar-refractivity contribution in [1.29, 1.82) is 0 Å². The van der Waals surface area contributed by atoms with Crippen LogP contribution in [0, 0.1) is 0 Å². The Labute approximate surface area is 177 Å². The first-order valence-electron chi connectivity index (χ1n) is 9.26. The Morgan fingerprint density at radius 2 is 2.00 bits per heavy atom. The number of hydrogen-bond donors (Lipinski definition) is 1. The predicted octanol–water partition coefficient (Wildman–Crippen LogP) is 3.77. The molecule has 1 N–H and O–H groups in total. The average molecular weight is 447 g/mol. The van der Waals surface area contributed by atoms with Gasteiger partial charge in [-0.15, -0.1) is 0 Å². The Bertz CT molecular complexity index is 1170. The van der Waals surface area contributed by atoms with E-state index in [0.717, 1.165) is 17.7 Å². The van der Waals surface area contributed by atoms with E-state index >= 15 is 0 Å². The van der Waals surface area contributed by atoms with E-state index < -0.39 is 28.4 Å². The van der Waals surface area contributed by atoms with Crippen LogP contribution in [0.1, 0.15) is 33.1 Å². The van der Waals surface area contributed by atoms with Gasteiger partial charge in [-0.25, -0.2) is 4.21 Å². The Morgan fingerprint density at radius 1 is 1.16 bits per heavy atom. The molecular formula is C21H16F3N3O3S. The maximum absolute atomic E-state index is 12.9. The molecule has 6 nitrogen and oxygen atoms in total. The summed E-state index contributed by atoms with van der Waals surface area (Å²) < 4.78 is 56.7. The van der Waals surface area contributed by atoms with Gasteiger partial charge in [0.15, 0.2) is 5.76 Å². The summed E-state index contributed by atoms with van der Waals surface area (Å²) in [5.41, 5.74) is 0.562. The van der Waals surface area contributed by atoms with E-state index in [1.807, 2.05) is 0 Å². The lowest BCUT2D eigenvalue weighted by Crippen LogP contribution is -2.22. The number of aliphatic imine (C=N–C) groups is 1. The number of alkyl halides is 3. The fourth-order valence-electron chi connectivity index (χ4n) is 3.00. The van der Waals surface area contributed by atoms with Crippen LogP contribution >= 0.6 is 0 Å². The molecule has 1 aliphatic rings. The number of furan rings is 1. The van der Waals surface area contributed by atoms with Crippen molar-refractivity contribution in [3.63, 3.8) is 0 Å². The van der Waals surface area contributed by atoms with Crippen molar-refractivity contribution in [2.45, 2.75) is 28.9 Å². The minimum atomic E-state index is -4.51. The van der Waals surface area contributed by atoms with Crippen LogP contribution in [0.5, 0.6) is 0 Å². The Morgan fingerprint density at radius 3 is 2.71 bits per heavy atom. The van der Waals surface area contributed by atoms with Crippen molar-refractivity contribution in [1.82, 2.24) is 10.3 Å². The zero-order valence-electron chi connectivity index (χ0n) is 16.0. The minimum absolute atomic E-state index is 0.0306. The third-order valence-corrected chi connectivity index (χ3v) is 5.95. The number of amides is 1. The Kier molecular flexibility index (Phi) is 5.73. The highest BCUT2D eigenvalue weighted by Crippen LogP contribution is 2.31. The highest BCUT2D eigenvalue weighted by atomic mass is 32.2. The zero-order valence-corrected chi connectivity index (χ0v) is 16.8. The average Bonchev–Trinajstić information content (AvgIpc) is 3.21. The number of nitrogens with one attached hydrogen (secondary N) is 1. The molecule has 0 saturated carbocycles. The summed E-state index contributed by atoms with van der Waals surface area (Å²) >= 11 is 0. The van der Waals surface area contributed by atoms with Crippen LogP contribution in [0.15, 0.2) is 67.9 Å². The number of carbonyl (C=O) groups is 1. The second-order valence-corrected chi connectivity index (χ2v) is 8.23. The standard InChI is InChI=1S/C21H16F3N3O3S/c22-21(23,24)14-2-1-3-16(9-14)31(29)17-5-4-15(26-11-17)10-27-20(28)18-8-13-6-7-25-12-19(13)30-18/h1-5,8-9,11-12H,6-7,10H2,(H,27,28). The molecular weight excluding hydrogens is 431 g/mol. The van der Waals surface area contributed by atoms with Gasteiger partial charge in [-0.2, -0.15) is 13.2 Å². The third-order valence-electron chi connectivity index (χ3n) is 4.60. The highest BCUT2D eigenvalue weighted by Gasteiger charge is 2.31. The monoisotopic (exact) mass is 447 g/mol. The van der Waals surface area contributed by atoms with Crippen molar-refractivity contribution in [3.05, 3.63) is 77.0 Å². The van der Waals surface area contributed by atoms with Crippen LogP contribution in [0.2, 0.25) is 0 Å². The first-order valence-corrected chi connectivity index (χ1v) is 10.4. The summed E-state index contributed by atoms with van der Waals surface area (Å²) in [7, 11) is -1.82. The molecule has 3 heterocycles. The molecule has 0 radical (unpaired) electrons. The van der Waals surface area contributed by atoms with Crippen LogP contribution in [0.3, 0.4) is 0 Å². The van der Waals surface area contributed by atoms with Crippen LogP contribution in [0.4, 0.5) is 13.2 Å². The third kappa shape index (κ3) is 4.74. The summed E-state index contributed by atoms with van der Waals surface area (Å²) in [5.74, 6) is 0.359. The van der Waals surface area contributed by atoms with Gasteiger partial charge in [0.2, 0.25) is 0 Å². The molecule has 1 aliphatic heterocycles. The normalized spacial score (nSPS) is 14.2. The highest BCUT2D eigenvalue weighted by molar-refractivity contribution is 7.85. The van der Waals surface area contributed by atoms with E-state index in [1.165, 1.54) is 24.4 Å². The number of benzene rings is 1. The van der Waals surface area contributed by atoms with Gasteiger partial charge in [0.25, 0.3) is 5.91 Å². The number of rotatable bonds is 5. The van der Waals surface area contributed by atoms with Gasteiger partial charge in [0.1, 0.15) is 5.76 Å². The maximum atomic E-state index is 12.9. The lowest BCUT2D eigenvalue weighted by Gasteiger charge is -2.09. The van der Waals surface area contributed by atoms with Gasteiger partial charge in [-0.1, -0.05) is 6.07 Å². The molecule has 0 bridgehead atoms. The predicted molar refractivity (Wildman–Crippen MR) is 106 cm³/mol. The molecule has 31 heavy (non-hydrogen) atoms. The Balaban J connectivity index is 1.40. The summed E-state index contributed by atoms with van der Waals surface area (Å²) in [6, 6.07) is 9.11. The Hall–Kier alpha value is -3.27. The van der Waals surface area contributed by atoms with Gasteiger partial charge in [0.05, 0.1) is 39.7 Å². The fraction of sp³-hybridized carbons (Fsp3) is 0.190. The smallest absolute Gasteiger partial charge is 0.416 e. The first kappa shape index (κ1) is 21.0. The van der Waals surface area contributed by atoms with Crippen LogP contribution < -0.4 is 5.32 Å². The lowest BCUT2D eigenvalue weighted by atomic mass is 10.1. The van der Waals surface area contributed by atoms with Crippen molar-refractivity contribution < 1.29 is 26.6 Å². The summed E-state index contributed by atoms with van der Waals surface area (Å²) in [4.78, 5) is 20.8. The second-order valence-electron chi connectivity index (χ2n) is 6.75. The van der Waals surface area contributed by atoms with E-state index in [4.69, 9.17) is 4.42 Å². The van der Waals surface area contributed by atoms with Crippen molar-refractivity contribution in [3.8, 4) is 0 Å². The molecule has 4 rings (SSSR count). The minimum Gasteiger partial charge on any atom is -0.450 e. The number of aromatic nitrogens is 1. The van der Waals surface area contributed by atoms with Gasteiger partial charge in [0, 0.05) is 23.2 Å². The number of fused-ring (bicyclic) bond motifs is 1. The second kappa shape index (κ2) is 8.46. The molecule has 1 amide bonds. The molecule has 1 aromatic carbocycles. The van der Waals surface area contributed by atoms with Crippen LogP contribution in [-0.4, -0.2) is 27.9 Å². The molecule has 0 aliphatic carbocycles. The zero-order chi connectivity index (χ0) is 22.0. The molecule has 1 atom stereocenters. The number of pyridine rings is 1. The summed E-state index contributed by atoms with van der Waals surface area (Å²) in [5, 5.41) is 2.69. The van der Waals surface area contributed by atoms with Crippen molar-refractivity contribution >= 4 is 22.9 Å². The van der Waals surface area contributed by atoms with Crippen molar-refractivity contribution in [2.24, 2.45) is 4.99 Å². The van der Waals surface area contributed by atoms with Gasteiger partial charge in [-0.3, -0.25) is 14.8 Å². The lowest BCUT2D eigenvalue weighted by molar-refractivity contribution is -0.137. The van der Waals surface area contributed by atoms with E-state index in [2.05, 4.69) is 15.3 Å². The number of nitrogens with zero attached hydrogens (tertiary/aromatic N) is 2. The van der Waals surface area contributed by atoms with E-state index in [1.54, 1.807) is 18.3 Å². The topological polar surface area (TPSA) is 84.6 Å². The molecule has 3 aromatic rings. The molecule has 2 aromatic heterocycles. The SMILES string of the molecule is O=C(NCc1ccc(S(=O)c2cccc(C(F)(F)F)c2)cn1)c1cc2c(o1)C=NCC2. The number of carbonyl (C=O) groups excluding carboxylic acids is 1. The van der Waals surface area contributed by atoms with Crippen LogP contribution in [0.25, 0.3) is 0 Å². The molecule has 10 heteroatoms. The van der Waals surface area contributed by atoms with E-state index in [9.17, 15) is 22.2 Å². The molecule has 0 spiro atoms. The number of hydrogen-bond acceptors (Lipinski definition) is 5. The van der Waals surface area contributed by atoms with Crippen molar-refractivity contribution in [2.75, 3.05) is 6.54 Å². The molecule has 0 saturated heterocycles. The summed E-state index contributed by atoms with van der Waals surface area (Å²) in [6.45, 7) is 0.764. The maximum Gasteiger partial charge on any atom is 0.416 e. The fourth-order valence-corrected chi connectivity index (χ4v) is 4.05. The number of halogens is 3. The van der Waals surface area contributed by atoms with E-state index in [-0.39, 0.29) is 22.1 Å². The van der Waals surface area contributed by atoms with Gasteiger partial charge in [-0.05, 0) is 42.8 Å². The molecule has 160 valence electrons. The van der Waals surface area contributed by atoms with E-state index in [0.29, 0.717) is 24.4 Å². The molecule has 0 fully saturated rings. The van der Waals surface area contributed by atoms with Crippen LogP contribution in [-0.2, 0) is 29.9 Å².